The van der Waals surface area contributed by atoms with Crippen LogP contribution in [0.25, 0.3) is 0 Å². The zero-order valence-electron chi connectivity index (χ0n) is 14.4. The van der Waals surface area contributed by atoms with Crippen molar-refractivity contribution in [2.24, 2.45) is 0 Å². The maximum atomic E-state index is 11.7. The Morgan fingerprint density at radius 2 is 2.23 bits per heavy atom. The molecule has 8 nitrogen and oxygen atoms in total. The van der Waals surface area contributed by atoms with E-state index in [1.54, 1.807) is 6.07 Å². The van der Waals surface area contributed by atoms with Gasteiger partial charge < -0.3 is 29.9 Å². The van der Waals surface area contributed by atoms with Gasteiger partial charge in [0, 0.05) is 32.2 Å². The van der Waals surface area contributed by atoms with Gasteiger partial charge in [-0.15, -0.1) is 0 Å². The second-order valence-corrected chi connectivity index (χ2v) is 7.30. The third kappa shape index (κ3) is 3.52. The summed E-state index contributed by atoms with van der Waals surface area (Å²) in [5.74, 6) is -0.621. The minimum absolute atomic E-state index is 0.0136. The molecule has 0 radical (unpaired) electrons. The molecule has 1 aromatic carbocycles. The van der Waals surface area contributed by atoms with Crippen LogP contribution < -0.4 is 14.7 Å². The zero-order chi connectivity index (χ0) is 18.3. The minimum atomic E-state index is -1.12. The van der Waals surface area contributed by atoms with Gasteiger partial charge >= 0.3 is 13.1 Å². The van der Waals surface area contributed by atoms with Crippen LogP contribution in [0.3, 0.4) is 0 Å². The molecule has 140 valence electrons. The summed E-state index contributed by atoms with van der Waals surface area (Å²) in [6.07, 6.45) is 1.45. The fraction of sp³-hybridized carbons (Fsp3) is 0.588. The molecule has 0 amide bonds. The highest BCUT2D eigenvalue weighted by Gasteiger charge is 2.35. The summed E-state index contributed by atoms with van der Waals surface area (Å²) in [5.41, 5.74) is 0.765. The Morgan fingerprint density at radius 3 is 2.92 bits per heavy atom. The van der Waals surface area contributed by atoms with Crippen molar-refractivity contribution >= 4 is 13.1 Å². The Labute approximate surface area is 151 Å². The van der Waals surface area contributed by atoms with Crippen LogP contribution in [0, 0.1) is 0 Å². The Bertz CT molecular complexity index is 696. The standard InChI is InChI=1S/C17H23BN2O6/c21-12-5-11(19-6-12)7-20-8-13(9-20)25-14-2-1-10-3-4-18(24)26-16(10)15(14)17(22)23/h1-2,11-13,19,21,24H,3-9H2,(H,22,23)/t11-,12+/m0/s1. The molecule has 1 aromatic rings. The fourth-order valence-electron chi connectivity index (χ4n) is 3.89. The van der Waals surface area contributed by atoms with Crippen molar-refractivity contribution in [3.63, 3.8) is 0 Å². The fourth-order valence-corrected chi connectivity index (χ4v) is 3.89. The summed E-state index contributed by atoms with van der Waals surface area (Å²) in [4.78, 5) is 14.0. The third-order valence-corrected chi connectivity index (χ3v) is 5.22. The highest BCUT2D eigenvalue weighted by atomic mass is 16.5. The molecule has 4 rings (SSSR count). The van der Waals surface area contributed by atoms with Crippen molar-refractivity contribution in [1.29, 1.82) is 0 Å². The molecule has 0 spiro atoms. The number of aromatic carboxylic acids is 1. The molecule has 0 bridgehead atoms. The number of ether oxygens (including phenoxy) is 1. The highest BCUT2D eigenvalue weighted by Crippen LogP contribution is 2.37. The average Bonchev–Trinajstić information content (AvgIpc) is 2.97. The van der Waals surface area contributed by atoms with Crippen LogP contribution in [0.5, 0.6) is 11.5 Å². The van der Waals surface area contributed by atoms with Crippen molar-refractivity contribution in [1.82, 2.24) is 10.2 Å². The summed E-state index contributed by atoms with van der Waals surface area (Å²) < 4.78 is 11.3. The van der Waals surface area contributed by atoms with Crippen molar-refractivity contribution in [3.8, 4) is 11.5 Å². The lowest BCUT2D eigenvalue weighted by Crippen LogP contribution is -2.56. The Morgan fingerprint density at radius 1 is 1.42 bits per heavy atom. The first-order valence-electron chi connectivity index (χ1n) is 9.04. The summed E-state index contributed by atoms with van der Waals surface area (Å²) in [5, 5.41) is 32.1. The number of nitrogens with zero attached hydrogens (tertiary/aromatic N) is 1. The first-order chi connectivity index (χ1) is 12.5. The van der Waals surface area contributed by atoms with Crippen LogP contribution in [0.15, 0.2) is 12.1 Å². The van der Waals surface area contributed by atoms with Crippen LogP contribution in [-0.2, 0) is 6.42 Å². The number of aryl methyl sites for hydroxylation is 1. The predicted octanol–water partition coefficient (Wildman–Crippen LogP) is -0.414. The second kappa shape index (κ2) is 7.07. The van der Waals surface area contributed by atoms with E-state index in [1.165, 1.54) is 0 Å². The van der Waals surface area contributed by atoms with Crippen LogP contribution in [0.2, 0.25) is 6.32 Å². The molecule has 0 aliphatic carbocycles. The number of rotatable bonds is 5. The lowest BCUT2D eigenvalue weighted by atomic mass is 9.78. The van der Waals surface area contributed by atoms with Gasteiger partial charge in [0.15, 0.2) is 0 Å². The van der Waals surface area contributed by atoms with Gasteiger partial charge in [0.05, 0.1) is 6.10 Å². The van der Waals surface area contributed by atoms with Gasteiger partial charge in [-0.05, 0) is 30.8 Å². The first kappa shape index (κ1) is 17.6. The minimum Gasteiger partial charge on any atom is -0.535 e. The van der Waals surface area contributed by atoms with Crippen molar-refractivity contribution in [2.75, 3.05) is 26.2 Å². The van der Waals surface area contributed by atoms with Crippen LogP contribution >= 0.6 is 0 Å². The summed E-state index contributed by atoms with van der Waals surface area (Å²) in [6, 6.07) is 3.78. The Balaban J connectivity index is 1.40. The number of likely N-dealkylation sites (tertiary alicyclic amines) is 1. The molecule has 3 heterocycles. The molecular formula is C17H23BN2O6. The van der Waals surface area contributed by atoms with Crippen LogP contribution in [0.1, 0.15) is 22.3 Å². The summed E-state index contributed by atoms with van der Waals surface area (Å²) in [7, 11) is -0.982. The van der Waals surface area contributed by atoms with Gasteiger partial charge in [0.1, 0.15) is 23.2 Å². The van der Waals surface area contributed by atoms with Gasteiger partial charge in [0.25, 0.3) is 0 Å². The number of carboxylic acids is 1. The Hall–Kier alpha value is -1.81. The summed E-state index contributed by atoms with van der Waals surface area (Å²) >= 11 is 0. The molecule has 26 heavy (non-hydrogen) atoms. The molecule has 4 N–H and O–H groups in total. The van der Waals surface area contributed by atoms with E-state index in [2.05, 4.69) is 10.2 Å². The molecular weight excluding hydrogens is 339 g/mol. The van der Waals surface area contributed by atoms with Gasteiger partial charge in [0.2, 0.25) is 0 Å². The molecule has 3 aliphatic heterocycles. The van der Waals surface area contributed by atoms with E-state index in [-0.39, 0.29) is 29.3 Å². The monoisotopic (exact) mass is 362 g/mol. The number of aliphatic hydroxyl groups excluding tert-OH is 1. The first-order valence-corrected chi connectivity index (χ1v) is 9.04. The zero-order valence-corrected chi connectivity index (χ0v) is 14.4. The maximum absolute atomic E-state index is 11.7. The maximum Gasteiger partial charge on any atom is 0.522 e. The molecule has 2 fully saturated rings. The van der Waals surface area contributed by atoms with E-state index >= 15 is 0 Å². The quantitative estimate of drug-likeness (QED) is 0.523. The van der Waals surface area contributed by atoms with Crippen LogP contribution in [-0.4, -0.2) is 77.7 Å². The number of fused-ring (bicyclic) bond motifs is 1. The SMILES string of the molecule is O=C(O)c1c(OC2CN(C[C@@H]3C[C@@H](O)CN3)C2)ccc2c1OB(O)CC2. The average molecular weight is 362 g/mol. The van der Waals surface area contributed by atoms with Gasteiger partial charge in [-0.1, -0.05) is 6.07 Å². The highest BCUT2D eigenvalue weighted by molar-refractivity contribution is 6.44. The van der Waals surface area contributed by atoms with Crippen LogP contribution in [0.4, 0.5) is 0 Å². The van der Waals surface area contributed by atoms with E-state index < -0.39 is 13.1 Å². The molecule has 9 heteroatoms. The van der Waals surface area contributed by atoms with Crippen molar-refractivity contribution in [2.45, 2.75) is 37.4 Å². The lowest BCUT2D eigenvalue weighted by molar-refractivity contribution is 0.0137. The lowest BCUT2D eigenvalue weighted by Gasteiger charge is -2.40. The molecule has 2 saturated heterocycles. The largest absolute Gasteiger partial charge is 0.535 e. The normalized spacial score (nSPS) is 26.2. The summed E-state index contributed by atoms with van der Waals surface area (Å²) in [6.45, 7) is 2.92. The molecule has 0 saturated carbocycles. The van der Waals surface area contributed by atoms with E-state index in [1.807, 2.05) is 6.07 Å². The van der Waals surface area contributed by atoms with Gasteiger partial charge in [-0.2, -0.15) is 0 Å². The van der Waals surface area contributed by atoms with Crippen molar-refractivity contribution < 1.29 is 29.4 Å². The number of carbonyl (C=O) groups is 1. The number of β-amino-alcohol motifs (C(OH)–C–C–N with tert-alkyl or cyclic N) is 1. The molecule has 0 unspecified atom stereocenters. The smallest absolute Gasteiger partial charge is 0.522 e. The van der Waals surface area contributed by atoms with E-state index in [4.69, 9.17) is 9.39 Å². The number of hydrogen-bond acceptors (Lipinski definition) is 7. The molecule has 0 aromatic heterocycles. The van der Waals surface area contributed by atoms with Gasteiger partial charge in [-0.3, -0.25) is 4.90 Å². The number of carboxylic acid groups (broad SMARTS) is 1. The van der Waals surface area contributed by atoms with E-state index in [0.29, 0.717) is 38.4 Å². The third-order valence-electron chi connectivity index (χ3n) is 5.22. The van der Waals surface area contributed by atoms with Crippen molar-refractivity contribution in [3.05, 3.63) is 23.3 Å². The number of hydrogen-bond donors (Lipinski definition) is 4. The van der Waals surface area contributed by atoms with E-state index in [9.17, 15) is 20.0 Å². The topological polar surface area (TPSA) is 111 Å². The Kier molecular flexibility index (Phi) is 4.79. The number of benzene rings is 1. The number of nitrogens with one attached hydrogen (secondary N) is 1. The van der Waals surface area contributed by atoms with E-state index in [0.717, 1.165) is 18.5 Å². The predicted molar refractivity (Wildman–Crippen MR) is 93.8 cm³/mol. The number of aliphatic hydroxyl groups is 1. The molecule has 3 aliphatic rings. The second-order valence-electron chi connectivity index (χ2n) is 7.30. The molecule has 2 atom stereocenters. The van der Waals surface area contributed by atoms with Gasteiger partial charge in [-0.25, -0.2) is 4.79 Å².